The molecule has 1 unspecified atom stereocenters. The van der Waals surface area contributed by atoms with Crippen LogP contribution in [0, 0.1) is 0 Å². The lowest BCUT2D eigenvalue weighted by Crippen LogP contribution is -2.27. The summed E-state index contributed by atoms with van der Waals surface area (Å²) in [6, 6.07) is 65.5. The summed E-state index contributed by atoms with van der Waals surface area (Å²) in [4.78, 5) is 2.54. The van der Waals surface area contributed by atoms with Crippen LogP contribution in [0.2, 0.25) is 0 Å². The highest BCUT2D eigenvalue weighted by molar-refractivity contribution is 6.04. The normalized spacial score (nSPS) is 16.1. The van der Waals surface area contributed by atoms with Crippen LogP contribution in [-0.2, 0) is 5.41 Å². The number of rotatable bonds is 4. The Morgan fingerprint density at radius 3 is 1.78 bits per heavy atom. The van der Waals surface area contributed by atoms with Gasteiger partial charge in [-0.3, -0.25) is 0 Å². The van der Waals surface area contributed by atoms with E-state index in [0.717, 1.165) is 12.8 Å². The Kier molecular flexibility index (Phi) is 7.70. The van der Waals surface area contributed by atoms with E-state index < -0.39 is 5.41 Å². The molecule has 1 nitrogen and oxygen atoms in total. The number of benzene rings is 8. The summed E-state index contributed by atoms with van der Waals surface area (Å²) in [5, 5.41) is 5.10. The van der Waals surface area contributed by atoms with Gasteiger partial charge in [-0.05, 0) is 109 Å². The summed E-state index contributed by atoms with van der Waals surface area (Å²) in [6.07, 6.45) is 6.64. The van der Waals surface area contributed by atoms with E-state index in [2.05, 4.69) is 193 Å². The Morgan fingerprint density at radius 2 is 1.04 bits per heavy atom. The van der Waals surface area contributed by atoms with E-state index in [1.54, 1.807) is 0 Å². The molecule has 11 rings (SSSR count). The zero-order valence-electron chi connectivity index (χ0n) is 30.8. The van der Waals surface area contributed by atoms with E-state index >= 15 is 0 Å². The van der Waals surface area contributed by atoms with Crippen molar-refractivity contribution in [3.63, 3.8) is 0 Å². The first kappa shape index (κ1) is 32.2. The van der Waals surface area contributed by atoms with Gasteiger partial charge >= 0.3 is 0 Å². The molecule has 0 amide bonds. The molecule has 0 saturated heterocycles. The lowest BCUT2D eigenvalue weighted by atomic mass is 9.69. The molecule has 8 aromatic rings. The molecule has 0 aromatic heterocycles. The Morgan fingerprint density at radius 1 is 0.444 bits per heavy atom. The summed E-state index contributed by atoms with van der Waals surface area (Å²) in [5.74, 6) is 0. The van der Waals surface area contributed by atoms with Gasteiger partial charge in [0.25, 0.3) is 0 Å². The van der Waals surface area contributed by atoms with Crippen molar-refractivity contribution in [3.05, 3.63) is 222 Å². The second-order valence-electron chi connectivity index (χ2n) is 14.3. The first-order valence-electron chi connectivity index (χ1n) is 19.4. The van der Waals surface area contributed by atoms with Gasteiger partial charge in [0.1, 0.15) is 0 Å². The quantitative estimate of drug-likeness (QED) is 0.178. The standard InChI is InChI=1S/C51H35N.C2H6/c1-2-13-34(14-3-1)35-25-28-38(29-26-35)52(49-24-12-17-36-15-4-6-18-40(36)49)39-30-32-44-42-20-8-10-22-46(42)51(48(44)33-39)47-23-11-9-21-43(47)45-31-27-37-16-5-7-19-41(37)50(45)51;1-2/h1-25,27-28,30-33H,26,29H2;1-2H3. The fourth-order valence-corrected chi connectivity index (χ4v) is 9.61. The van der Waals surface area contributed by atoms with Crippen LogP contribution in [-0.4, -0.2) is 0 Å². The van der Waals surface area contributed by atoms with E-state index in [9.17, 15) is 0 Å². The maximum Gasteiger partial charge on any atom is 0.0732 e. The lowest BCUT2D eigenvalue weighted by molar-refractivity contribution is 0.800. The number of hydrogen-bond donors (Lipinski definition) is 0. The van der Waals surface area contributed by atoms with Gasteiger partial charge in [0.15, 0.2) is 0 Å². The molecular weight excluding hydrogens is 651 g/mol. The number of hydrogen-bond acceptors (Lipinski definition) is 1. The largest absolute Gasteiger partial charge is 0.314 e. The molecule has 1 atom stereocenters. The molecule has 0 radical (unpaired) electrons. The van der Waals surface area contributed by atoms with E-state index in [1.165, 1.54) is 94.3 Å². The maximum absolute atomic E-state index is 2.54. The molecule has 0 bridgehead atoms. The molecule has 258 valence electrons. The van der Waals surface area contributed by atoms with Gasteiger partial charge in [0, 0.05) is 16.8 Å². The zero-order valence-corrected chi connectivity index (χ0v) is 30.8. The van der Waals surface area contributed by atoms with Crippen molar-refractivity contribution in [2.45, 2.75) is 32.1 Å². The molecule has 0 fully saturated rings. The Bertz CT molecular complexity index is 2780. The average molecular weight is 692 g/mol. The molecule has 3 aliphatic rings. The molecule has 3 aliphatic carbocycles. The Balaban J connectivity index is 0.00000178. The average Bonchev–Trinajstić information content (AvgIpc) is 3.72. The van der Waals surface area contributed by atoms with Crippen molar-refractivity contribution in [2.24, 2.45) is 0 Å². The van der Waals surface area contributed by atoms with Gasteiger partial charge in [-0.1, -0.05) is 178 Å². The second-order valence-corrected chi connectivity index (χ2v) is 14.3. The topological polar surface area (TPSA) is 3.24 Å². The third-order valence-electron chi connectivity index (χ3n) is 11.8. The van der Waals surface area contributed by atoms with Crippen LogP contribution in [0.15, 0.2) is 194 Å². The highest BCUT2D eigenvalue weighted by Gasteiger charge is 2.52. The third-order valence-corrected chi connectivity index (χ3v) is 11.8. The van der Waals surface area contributed by atoms with Crippen LogP contribution >= 0.6 is 0 Å². The molecular formula is C53H41N. The predicted octanol–water partition coefficient (Wildman–Crippen LogP) is 14.3. The van der Waals surface area contributed by atoms with Gasteiger partial charge in [-0.2, -0.15) is 0 Å². The molecule has 0 heterocycles. The fraction of sp³-hybridized carbons (Fsp3) is 0.0943. The van der Waals surface area contributed by atoms with E-state index in [4.69, 9.17) is 0 Å². The molecule has 8 aromatic carbocycles. The van der Waals surface area contributed by atoms with Crippen LogP contribution in [0.5, 0.6) is 0 Å². The van der Waals surface area contributed by atoms with Gasteiger partial charge < -0.3 is 4.90 Å². The summed E-state index contributed by atoms with van der Waals surface area (Å²) in [5.41, 5.74) is 16.8. The molecule has 0 aliphatic heterocycles. The minimum Gasteiger partial charge on any atom is -0.314 e. The van der Waals surface area contributed by atoms with E-state index in [-0.39, 0.29) is 0 Å². The SMILES string of the molecule is C1=C(c2ccccc2)CCC(N(c2ccc3c(c2)C2(c4ccccc4-3)c3ccccc3-c3ccc4ccccc4c32)c2cccc3ccccc23)=C1.CC. The first-order valence-corrected chi connectivity index (χ1v) is 19.4. The molecule has 1 heteroatoms. The smallest absolute Gasteiger partial charge is 0.0732 e. The van der Waals surface area contributed by atoms with Crippen molar-refractivity contribution in [1.29, 1.82) is 0 Å². The van der Waals surface area contributed by atoms with Crippen molar-refractivity contribution < 1.29 is 0 Å². The third kappa shape index (κ3) is 4.64. The van der Waals surface area contributed by atoms with Crippen LogP contribution in [0.25, 0.3) is 49.4 Å². The van der Waals surface area contributed by atoms with Crippen molar-refractivity contribution in [1.82, 2.24) is 0 Å². The summed E-state index contributed by atoms with van der Waals surface area (Å²) < 4.78 is 0. The highest BCUT2D eigenvalue weighted by atomic mass is 15.2. The maximum atomic E-state index is 2.54. The van der Waals surface area contributed by atoms with Crippen molar-refractivity contribution in [2.75, 3.05) is 4.90 Å². The van der Waals surface area contributed by atoms with E-state index in [1.807, 2.05) is 13.8 Å². The van der Waals surface area contributed by atoms with Gasteiger partial charge in [0.2, 0.25) is 0 Å². The summed E-state index contributed by atoms with van der Waals surface area (Å²) in [6.45, 7) is 4.00. The summed E-state index contributed by atoms with van der Waals surface area (Å²) in [7, 11) is 0. The number of anilines is 2. The minimum absolute atomic E-state index is 0.444. The number of nitrogens with zero attached hydrogens (tertiary/aromatic N) is 1. The number of allylic oxidation sites excluding steroid dienone is 4. The molecule has 54 heavy (non-hydrogen) atoms. The minimum atomic E-state index is -0.444. The fourth-order valence-electron chi connectivity index (χ4n) is 9.61. The zero-order chi connectivity index (χ0) is 36.2. The highest BCUT2D eigenvalue weighted by Crippen LogP contribution is 2.64. The van der Waals surface area contributed by atoms with Crippen LogP contribution in [0.3, 0.4) is 0 Å². The second kappa shape index (κ2) is 12.9. The molecule has 0 N–H and O–H groups in total. The Labute approximate surface area is 318 Å². The predicted molar refractivity (Wildman–Crippen MR) is 229 cm³/mol. The van der Waals surface area contributed by atoms with Crippen LogP contribution < -0.4 is 4.90 Å². The Hall–Kier alpha value is -6.44. The molecule has 1 spiro atoms. The summed E-state index contributed by atoms with van der Waals surface area (Å²) >= 11 is 0. The van der Waals surface area contributed by atoms with Crippen LogP contribution in [0.1, 0.15) is 54.5 Å². The van der Waals surface area contributed by atoms with E-state index in [0.29, 0.717) is 0 Å². The first-order chi connectivity index (χ1) is 26.8. The van der Waals surface area contributed by atoms with Crippen molar-refractivity contribution >= 4 is 38.5 Å². The van der Waals surface area contributed by atoms with Gasteiger partial charge in [-0.15, -0.1) is 0 Å². The molecule has 0 saturated carbocycles. The van der Waals surface area contributed by atoms with Crippen LogP contribution in [0.4, 0.5) is 11.4 Å². The number of fused-ring (bicyclic) bond motifs is 13. The van der Waals surface area contributed by atoms with Crippen molar-refractivity contribution in [3.8, 4) is 22.3 Å². The lowest BCUT2D eigenvalue weighted by Gasteiger charge is -2.34. The van der Waals surface area contributed by atoms with Gasteiger partial charge in [0.05, 0.1) is 11.1 Å². The monoisotopic (exact) mass is 691 g/mol. The van der Waals surface area contributed by atoms with Gasteiger partial charge in [-0.25, -0.2) is 0 Å².